The highest BCUT2D eigenvalue weighted by molar-refractivity contribution is 5.76. The van der Waals surface area contributed by atoms with Crippen LogP contribution in [0.3, 0.4) is 0 Å². The first-order valence-electron chi connectivity index (χ1n) is 6.98. The minimum absolute atomic E-state index is 0.106. The molecule has 0 aliphatic heterocycles. The molecule has 102 valence electrons. The monoisotopic (exact) mass is 254 g/mol. The normalized spacial score (nSPS) is 35.8. The Labute approximate surface area is 107 Å². The van der Waals surface area contributed by atoms with Gasteiger partial charge in [0.05, 0.1) is 5.41 Å². The number of carboxylic acid groups (broad SMARTS) is 2. The second-order valence-electron chi connectivity index (χ2n) is 5.98. The van der Waals surface area contributed by atoms with Crippen LogP contribution in [0.2, 0.25) is 0 Å². The summed E-state index contributed by atoms with van der Waals surface area (Å²) in [4.78, 5) is 22.7. The Morgan fingerprint density at radius 1 is 0.889 bits per heavy atom. The second kappa shape index (κ2) is 4.90. The fourth-order valence-corrected chi connectivity index (χ4v) is 4.32. The molecule has 0 atom stereocenters. The van der Waals surface area contributed by atoms with Crippen LogP contribution in [0.5, 0.6) is 0 Å². The van der Waals surface area contributed by atoms with Gasteiger partial charge in [0.1, 0.15) is 0 Å². The van der Waals surface area contributed by atoms with Gasteiger partial charge in [-0.05, 0) is 37.5 Å². The third-order valence-electron chi connectivity index (χ3n) is 5.26. The van der Waals surface area contributed by atoms with Crippen molar-refractivity contribution in [3.8, 4) is 0 Å². The van der Waals surface area contributed by atoms with E-state index in [4.69, 9.17) is 5.11 Å². The van der Waals surface area contributed by atoms with Crippen molar-refractivity contribution in [3.05, 3.63) is 0 Å². The van der Waals surface area contributed by atoms with Gasteiger partial charge < -0.3 is 10.2 Å². The van der Waals surface area contributed by atoms with Crippen LogP contribution < -0.4 is 0 Å². The van der Waals surface area contributed by atoms with Crippen LogP contribution in [0, 0.1) is 10.8 Å². The molecular formula is C14H22O4. The molecule has 4 heteroatoms. The first kappa shape index (κ1) is 13.4. The zero-order valence-corrected chi connectivity index (χ0v) is 10.8. The Balaban J connectivity index is 2.29. The van der Waals surface area contributed by atoms with E-state index in [9.17, 15) is 14.7 Å². The predicted octanol–water partition coefficient (Wildman–Crippen LogP) is 3.06. The average molecular weight is 254 g/mol. The summed E-state index contributed by atoms with van der Waals surface area (Å²) >= 11 is 0. The first-order valence-corrected chi connectivity index (χ1v) is 6.98. The maximum atomic E-state index is 11.8. The van der Waals surface area contributed by atoms with Crippen LogP contribution in [0.4, 0.5) is 0 Å². The average Bonchev–Trinajstić information content (AvgIpc) is 2.36. The molecule has 0 unspecified atom stereocenters. The highest BCUT2D eigenvalue weighted by Crippen LogP contribution is 2.61. The highest BCUT2D eigenvalue weighted by atomic mass is 16.4. The van der Waals surface area contributed by atoms with Crippen molar-refractivity contribution in [2.75, 3.05) is 0 Å². The molecule has 0 aromatic heterocycles. The lowest BCUT2D eigenvalue weighted by Gasteiger charge is -2.54. The minimum Gasteiger partial charge on any atom is -0.481 e. The molecule has 0 heterocycles. The summed E-state index contributed by atoms with van der Waals surface area (Å²) in [5, 5.41) is 18.6. The van der Waals surface area contributed by atoms with Gasteiger partial charge >= 0.3 is 11.9 Å². The summed E-state index contributed by atoms with van der Waals surface area (Å²) in [6.45, 7) is 0. The lowest BCUT2D eigenvalue weighted by molar-refractivity contribution is -0.171. The van der Waals surface area contributed by atoms with Crippen LogP contribution in [0.25, 0.3) is 0 Å². The number of carboxylic acids is 2. The smallest absolute Gasteiger partial charge is 0.310 e. The maximum absolute atomic E-state index is 11.8. The van der Waals surface area contributed by atoms with Gasteiger partial charge in [0.15, 0.2) is 0 Å². The van der Waals surface area contributed by atoms with Gasteiger partial charge in [0.2, 0.25) is 0 Å². The Kier molecular flexibility index (Phi) is 3.64. The van der Waals surface area contributed by atoms with Crippen molar-refractivity contribution in [1.82, 2.24) is 0 Å². The van der Waals surface area contributed by atoms with Crippen LogP contribution >= 0.6 is 0 Å². The molecule has 0 radical (unpaired) electrons. The predicted molar refractivity (Wildman–Crippen MR) is 66.3 cm³/mol. The van der Waals surface area contributed by atoms with E-state index in [2.05, 4.69) is 0 Å². The van der Waals surface area contributed by atoms with Crippen LogP contribution in [-0.4, -0.2) is 22.2 Å². The van der Waals surface area contributed by atoms with E-state index >= 15 is 0 Å². The molecule has 0 saturated heterocycles. The van der Waals surface area contributed by atoms with Gasteiger partial charge in [0.25, 0.3) is 0 Å². The van der Waals surface area contributed by atoms with E-state index < -0.39 is 17.4 Å². The number of rotatable bonds is 4. The minimum atomic E-state index is -0.806. The number of hydrogen-bond donors (Lipinski definition) is 2. The van der Waals surface area contributed by atoms with Crippen molar-refractivity contribution in [3.63, 3.8) is 0 Å². The first-order chi connectivity index (χ1) is 8.52. The Hall–Kier alpha value is -1.06. The van der Waals surface area contributed by atoms with Crippen LogP contribution in [0.1, 0.15) is 64.2 Å². The standard InChI is InChI=1S/C14H22O4/c15-11(16)5-10-13-6-1-3-8-14(13,12(17)18)9-4-2-7-13/h1-10H2,(H,15,16)(H,17,18). The quantitative estimate of drug-likeness (QED) is 0.808. The molecule has 2 saturated carbocycles. The van der Waals surface area contributed by atoms with Crippen molar-refractivity contribution in [2.24, 2.45) is 10.8 Å². The van der Waals surface area contributed by atoms with Crippen LogP contribution in [-0.2, 0) is 9.59 Å². The summed E-state index contributed by atoms with van der Waals surface area (Å²) in [6, 6.07) is 0. The van der Waals surface area contributed by atoms with Gasteiger partial charge in [0, 0.05) is 6.42 Å². The second-order valence-corrected chi connectivity index (χ2v) is 5.98. The molecule has 0 spiro atoms. The summed E-state index contributed by atoms with van der Waals surface area (Å²) < 4.78 is 0. The molecule has 2 aliphatic rings. The molecule has 2 aliphatic carbocycles. The van der Waals surface area contributed by atoms with E-state index in [1.807, 2.05) is 0 Å². The largest absolute Gasteiger partial charge is 0.481 e. The molecule has 0 aromatic carbocycles. The van der Waals surface area contributed by atoms with Gasteiger partial charge in [-0.2, -0.15) is 0 Å². The lowest BCUT2D eigenvalue weighted by atomic mass is 9.48. The van der Waals surface area contributed by atoms with Gasteiger partial charge in [-0.3, -0.25) is 9.59 Å². The van der Waals surface area contributed by atoms with Crippen molar-refractivity contribution in [1.29, 1.82) is 0 Å². The lowest BCUT2D eigenvalue weighted by Crippen LogP contribution is -2.52. The molecule has 2 rings (SSSR count). The molecule has 4 nitrogen and oxygen atoms in total. The third-order valence-corrected chi connectivity index (χ3v) is 5.26. The van der Waals surface area contributed by atoms with E-state index in [0.717, 1.165) is 51.4 Å². The Morgan fingerprint density at radius 2 is 1.39 bits per heavy atom. The van der Waals surface area contributed by atoms with E-state index in [1.165, 1.54) is 0 Å². The third kappa shape index (κ3) is 2.02. The highest BCUT2D eigenvalue weighted by Gasteiger charge is 2.57. The van der Waals surface area contributed by atoms with Crippen molar-refractivity contribution < 1.29 is 19.8 Å². The molecule has 0 aromatic rings. The summed E-state index contributed by atoms with van der Waals surface area (Å²) in [7, 11) is 0. The number of aliphatic carboxylic acids is 2. The molecule has 0 amide bonds. The SMILES string of the molecule is O=C(O)CCC12CCCCC1(C(=O)O)CCCC2. The van der Waals surface area contributed by atoms with E-state index in [1.54, 1.807) is 0 Å². The Morgan fingerprint density at radius 3 is 1.83 bits per heavy atom. The fraction of sp³-hybridized carbons (Fsp3) is 0.857. The zero-order valence-electron chi connectivity index (χ0n) is 10.8. The Bertz CT molecular complexity index is 336. The molecule has 18 heavy (non-hydrogen) atoms. The van der Waals surface area contributed by atoms with Gasteiger partial charge in [-0.25, -0.2) is 0 Å². The van der Waals surface area contributed by atoms with Gasteiger partial charge in [-0.15, -0.1) is 0 Å². The summed E-state index contributed by atoms with van der Waals surface area (Å²) in [6.07, 6.45) is 7.96. The zero-order chi connectivity index (χ0) is 13.2. The number of fused-ring (bicyclic) bond motifs is 1. The number of hydrogen-bond acceptors (Lipinski definition) is 2. The van der Waals surface area contributed by atoms with Crippen LogP contribution in [0.15, 0.2) is 0 Å². The topological polar surface area (TPSA) is 74.6 Å². The van der Waals surface area contributed by atoms with Crippen molar-refractivity contribution in [2.45, 2.75) is 64.2 Å². The van der Waals surface area contributed by atoms with E-state index in [0.29, 0.717) is 6.42 Å². The molecule has 0 bridgehead atoms. The van der Waals surface area contributed by atoms with Gasteiger partial charge in [-0.1, -0.05) is 25.7 Å². The molecule has 2 fully saturated rings. The summed E-state index contributed by atoms with van der Waals surface area (Å²) in [5.74, 6) is -1.49. The fourth-order valence-electron chi connectivity index (χ4n) is 4.32. The van der Waals surface area contributed by atoms with E-state index in [-0.39, 0.29) is 11.8 Å². The number of carbonyl (C=O) groups is 2. The summed E-state index contributed by atoms with van der Waals surface area (Å²) in [5.41, 5.74) is -0.896. The molecule has 2 N–H and O–H groups in total. The maximum Gasteiger partial charge on any atom is 0.310 e. The van der Waals surface area contributed by atoms with Crippen molar-refractivity contribution >= 4 is 11.9 Å². The molecular weight excluding hydrogens is 232 g/mol.